The van der Waals surface area contributed by atoms with Crippen LogP contribution in [-0.2, 0) is 4.74 Å². The summed E-state index contributed by atoms with van der Waals surface area (Å²) in [4.78, 5) is 2.64. The minimum atomic E-state index is 0.529. The van der Waals surface area contributed by atoms with Crippen LogP contribution in [0, 0.1) is 0 Å². The predicted molar refractivity (Wildman–Crippen MR) is 66.7 cm³/mol. The van der Waals surface area contributed by atoms with Crippen molar-refractivity contribution in [3.05, 3.63) is 0 Å². The molecule has 3 heteroatoms. The number of hydrogen-bond donors (Lipinski definition) is 1. The van der Waals surface area contributed by atoms with Crippen LogP contribution in [0.5, 0.6) is 0 Å². The molecule has 1 saturated heterocycles. The maximum atomic E-state index is 5.88. The number of nitrogens with zero attached hydrogens (tertiary/aromatic N) is 1. The second kappa shape index (κ2) is 5.99. The molecule has 16 heavy (non-hydrogen) atoms. The van der Waals surface area contributed by atoms with Gasteiger partial charge in [0.25, 0.3) is 0 Å². The Hall–Kier alpha value is -0.120. The van der Waals surface area contributed by atoms with Gasteiger partial charge in [0.15, 0.2) is 0 Å². The first-order chi connectivity index (χ1) is 7.77. The monoisotopic (exact) mass is 226 g/mol. The van der Waals surface area contributed by atoms with Gasteiger partial charge in [-0.05, 0) is 12.8 Å². The molecule has 1 aliphatic carbocycles. The van der Waals surface area contributed by atoms with Crippen LogP contribution >= 0.6 is 0 Å². The van der Waals surface area contributed by atoms with Crippen molar-refractivity contribution >= 4 is 0 Å². The average molecular weight is 226 g/mol. The molecule has 94 valence electrons. The molecular formula is C13H26N2O. The molecular weight excluding hydrogens is 200 g/mol. The maximum absolute atomic E-state index is 5.88. The number of rotatable bonds is 4. The molecule has 0 bridgehead atoms. The molecule has 0 aromatic rings. The van der Waals surface area contributed by atoms with Crippen molar-refractivity contribution in [2.45, 2.75) is 57.7 Å². The van der Waals surface area contributed by atoms with E-state index in [2.05, 4.69) is 24.1 Å². The Morgan fingerprint density at radius 2 is 2.12 bits per heavy atom. The second-order valence-corrected chi connectivity index (χ2v) is 5.41. The molecule has 1 saturated carbocycles. The SMILES string of the molecule is CC(C)NCCN1CCOC2CCCCC21. The molecule has 0 spiro atoms. The lowest BCUT2D eigenvalue weighted by atomic mass is 9.90. The van der Waals surface area contributed by atoms with Gasteiger partial charge in [-0.15, -0.1) is 0 Å². The number of morpholine rings is 1. The van der Waals surface area contributed by atoms with Crippen molar-refractivity contribution in [2.24, 2.45) is 0 Å². The summed E-state index contributed by atoms with van der Waals surface area (Å²) in [7, 11) is 0. The van der Waals surface area contributed by atoms with Crippen LogP contribution in [0.4, 0.5) is 0 Å². The average Bonchev–Trinajstić information content (AvgIpc) is 2.29. The van der Waals surface area contributed by atoms with Crippen LogP contribution in [-0.4, -0.2) is 49.3 Å². The fourth-order valence-corrected chi connectivity index (χ4v) is 2.95. The third-order valence-corrected chi connectivity index (χ3v) is 3.80. The van der Waals surface area contributed by atoms with E-state index in [1.165, 1.54) is 32.2 Å². The molecule has 0 radical (unpaired) electrons. The molecule has 2 atom stereocenters. The number of nitrogens with one attached hydrogen (secondary N) is 1. The largest absolute Gasteiger partial charge is 0.375 e. The van der Waals surface area contributed by atoms with Crippen molar-refractivity contribution < 1.29 is 4.74 Å². The topological polar surface area (TPSA) is 24.5 Å². The number of fused-ring (bicyclic) bond motifs is 1. The third-order valence-electron chi connectivity index (χ3n) is 3.80. The number of hydrogen-bond acceptors (Lipinski definition) is 3. The maximum Gasteiger partial charge on any atom is 0.0730 e. The van der Waals surface area contributed by atoms with Gasteiger partial charge in [-0.1, -0.05) is 26.7 Å². The van der Waals surface area contributed by atoms with Crippen LogP contribution < -0.4 is 5.32 Å². The lowest BCUT2D eigenvalue weighted by Gasteiger charge is -2.44. The molecule has 1 N–H and O–H groups in total. The summed E-state index contributed by atoms with van der Waals surface area (Å²) >= 11 is 0. The van der Waals surface area contributed by atoms with Crippen molar-refractivity contribution in [3.63, 3.8) is 0 Å². The molecule has 3 nitrogen and oxygen atoms in total. The molecule has 2 aliphatic rings. The van der Waals surface area contributed by atoms with E-state index >= 15 is 0 Å². The molecule has 0 aromatic carbocycles. The van der Waals surface area contributed by atoms with Gasteiger partial charge in [0.2, 0.25) is 0 Å². The van der Waals surface area contributed by atoms with E-state index in [-0.39, 0.29) is 0 Å². The number of ether oxygens (including phenoxy) is 1. The molecule has 1 aliphatic heterocycles. The standard InChI is InChI=1S/C13H26N2O/c1-11(2)14-7-8-15-9-10-16-13-6-4-3-5-12(13)15/h11-14H,3-10H2,1-2H3. The molecule has 2 rings (SSSR count). The Balaban J connectivity index is 1.78. The lowest BCUT2D eigenvalue weighted by molar-refractivity contribution is -0.0874. The first-order valence-electron chi connectivity index (χ1n) is 6.86. The first kappa shape index (κ1) is 12.3. The summed E-state index contributed by atoms with van der Waals surface area (Å²) in [5, 5.41) is 3.51. The molecule has 0 amide bonds. The summed E-state index contributed by atoms with van der Waals surface area (Å²) < 4.78 is 5.88. The Kier molecular flexibility index (Phi) is 4.62. The zero-order valence-electron chi connectivity index (χ0n) is 10.7. The van der Waals surface area contributed by atoms with E-state index in [0.29, 0.717) is 18.2 Å². The van der Waals surface area contributed by atoms with Gasteiger partial charge in [0.05, 0.1) is 12.7 Å². The molecule has 2 fully saturated rings. The van der Waals surface area contributed by atoms with Crippen LogP contribution in [0.15, 0.2) is 0 Å². The van der Waals surface area contributed by atoms with Crippen molar-refractivity contribution in [1.82, 2.24) is 10.2 Å². The highest BCUT2D eigenvalue weighted by atomic mass is 16.5. The molecule has 0 aromatic heterocycles. The predicted octanol–water partition coefficient (Wildman–Crippen LogP) is 1.63. The van der Waals surface area contributed by atoms with Gasteiger partial charge in [-0.2, -0.15) is 0 Å². The Morgan fingerprint density at radius 1 is 1.31 bits per heavy atom. The Bertz CT molecular complexity index is 206. The van der Waals surface area contributed by atoms with E-state index in [0.717, 1.165) is 19.7 Å². The molecule has 2 unspecified atom stereocenters. The minimum Gasteiger partial charge on any atom is -0.375 e. The Labute approximate surface area is 99.5 Å². The van der Waals surface area contributed by atoms with Crippen LogP contribution in [0.2, 0.25) is 0 Å². The summed E-state index contributed by atoms with van der Waals surface area (Å²) in [6.45, 7) is 8.78. The van der Waals surface area contributed by atoms with E-state index in [9.17, 15) is 0 Å². The zero-order valence-corrected chi connectivity index (χ0v) is 10.7. The van der Waals surface area contributed by atoms with Crippen molar-refractivity contribution in [1.29, 1.82) is 0 Å². The quantitative estimate of drug-likeness (QED) is 0.788. The van der Waals surface area contributed by atoms with Crippen LogP contribution in [0.1, 0.15) is 39.5 Å². The van der Waals surface area contributed by atoms with Crippen LogP contribution in [0.25, 0.3) is 0 Å². The third kappa shape index (κ3) is 3.19. The summed E-state index contributed by atoms with van der Waals surface area (Å²) in [6.07, 6.45) is 5.89. The summed E-state index contributed by atoms with van der Waals surface area (Å²) in [5.74, 6) is 0. The zero-order chi connectivity index (χ0) is 11.4. The van der Waals surface area contributed by atoms with E-state index in [4.69, 9.17) is 4.74 Å². The highest BCUT2D eigenvalue weighted by Gasteiger charge is 2.33. The van der Waals surface area contributed by atoms with Crippen molar-refractivity contribution in [2.75, 3.05) is 26.2 Å². The minimum absolute atomic E-state index is 0.529. The smallest absolute Gasteiger partial charge is 0.0730 e. The van der Waals surface area contributed by atoms with Gasteiger partial charge in [0.1, 0.15) is 0 Å². The van der Waals surface area contributed by atoms with E-state index < -0.39 is 0 Å². The highest BCUT2D eigenvalue weighted by Crippen LogP contribution is 2.27. The fourth-order valence-electron chi connectivity index (χ4n) is 2.95. The van der Waals surface area contributed by atoms with E-state index in [1.54, 1.807) is 0 Å². The van der Waals surface area contributed by atoms with Gasteiger partial charge in [0, 0.05) is 31.7 Å². The van der Waals surface area contributed by atoms with Crippen LogP contribution in [0.3, 0.4) is 0 Å². The lowest BCUT2D eigenvalue weighted by Crippen LogP contribution is -2.54. The van der Waals surface area contributed by atoms with Gasteiger partial charge >= 0.3 is 0 Å². The summed E-state index contributed by atoms with van der Waals surface area (Å²) in [6, 6.07) is 1.31. The van der Waals surface area contributed by atoms with Gasteiger partial charge in [-0.25, -0.2) is 0 Å². The van der Waals surface area contributed by atoms with Gasteiger partial charge < -0.3 is 10.1 Å². The normalized spacial score (nSPS) is 31.7. The Morgan fingerprint density at radius 3 is 2.94 bits per heavy atom. The first-order valence-corrected chi connectivity index (χ1v) is 6.86. The van der Waals surface area contributed by atoms with Gasteiger partial charge in [-0.3, -0.25) is 4.90 Å². The highest BCUT2D eigenvalue weighted by molar-refractivity contribution is 4.87. The van der Waals surface area contributed by atoms with E-state index in [1.807, 2.05) is 0 Å². The second-order valence-electron chi connectivity index (χ2n) is 5.41. The summed E-state index contributed by atoms with van der Waals surface area (Å²) in [5.41, 5.74) is 0. The fraction of sp³-hybridized carbons (Fsp3) is 1.00. The van der Waals surface area contributed by atoms with Crippen molar-refractivity contribution in [3.8, 4) is 0 Å². The molecule has 1 heterocycles.